The minimum absolute atomic E-state index is 0.0380. The van der Waals surface area contributed by atoms with Crippen molar-refractivity contribution in [3.8, 4) is 0 Å². The van der Waals surface area contributed by atoms with Gasteiger partial charge in [-0.25, -0.2) is 0 Å². The molecule has 21 heavy (non-hydrogen) atoms. The summed E-state index contributed by atoms with van der Waals surface area (Å²) >= 11 is 0. The molecular weight excluding hydrogens is 256 g/mol. The van der Waals surface area contributed by atoms with Gasteiger partial charge in [-0.3, -0.25) is 4.79 Å². The van der Waals surface area contributed by atoms with Gasteiger partial charge >= 0.3 is 0 Å². The largest absolute Gasteiger partial charge is 0.289 e. The Balaban J connectivity index is 2.11. The molecule has 0 N–H and O–H groups in total. The van der Waals surface area contributed by atoms with Gasteiger partial charge < -0.3 is 0 Å². The smallest absolute Gasteiger partial charge is 0.185 e. The molecule has 2 aromatic carbocycles. The molecule has 2 aromatic rings. The highest BCUT2D eigenvalue weighted by Crippen LogP contribution is 2.22. The minimum atomic E-state index is 0.0380. The van der Waals surface area contributed by atoms with Gasteiger partial charge in [-0.05, 0) is 29.5 Å². The molecule has 0 aliphatic rings. The molecule has 0 bridgehead atoms. The number of ketones is 1. The summed E-state index contributed by atoms with van der Waals surface area (Å²) in [5.41, 5.74) is 4.34. The average molecular weight is 278 g/mol. The van der Waals surface area contributed by atoms with E-state index in [9.17, 15) is 4.79 Å². The zero-order chi connectivity index (χ0) is 15.5. The molecule has 0 saturated heterocycles. The topological polar surface area (TPSA) is 17.1 Å². The molecule has 1 heteroatoms. The maximum absolute atomic E-state index is 12.2. The molecule has 108 valence electrons. The van der Waals surface area contributed by atoms with E-state index in [0.29, 0.717) is 0 Å². The maximum atomic E-state index is 12.2. The fourth-order valence-corrected chi connectivity index (χ4v) is 2.08. The van der Waals surface area contributed by atoms with E-state index in [-0.39, 0.29) is 11.2 Å². The fraction of sp³-hybridized carbons (Fsp3) is 0.250. The van der Waals surface area contributed by atoms with E-state index in [4.69, 9.17) is 0 Å². The Morgan fingerprint density at radius 1 is 0.905 bits per heavy atom. The number of allylic oxidation sites excluding steroid dienone is 1. The van der Waals surface area contributed by atoms with E-state index < -0.39 is 0 Å². The number of rotatable bonds is 3. The van der Waals surface area contributed by atoms with Crippen LogP contribution in [0, 0.1) is 6.92 Å². The monoisotopic (exact) mass is 278 g/mol. The minimum Gasteiger partial charge on any atom is -0.289 e. The summed E-state index contributed by atoms with van der Waals surface area (Å²) in [5, 5.41) is 0. The zero-order valence-corrected chi connectivity index (χ0v) is 13.2. The lowest BCUT2D eigenvalue weighted by Crippen LogP contribution is -2.11. The predicted molar refractivity (Wildman–Crippen MR) is 89.7 cm³/mol. The number of carbonyl (C=O) groups is 1. The van der Waals surface area contributed by atoms with Crippen LogP contribution >= 0.6 is 0 Å². The standard InChI is InChI=1S/C20H22O/c1-15-5-7-16(8-6-15)9-14-19(21)17-10-12-18(13-11-17)20(2,3)4/h5-14H,1-4H3. The van der Waals surface area contributed by atoms with Gasteiger partial charge in [0.15, 0.2) is 5.78 Å². The van der Waals surface area contributed by atoms with Gasteiger partial charge in [-0.1, -0.05) is 80.9 Å². The van der Waals surface area contributed by atoms with Gasteiger partial charge in [0.1, 0.15) is 0 Å². The Morgan fingerprint density at radius 2 is 1.48 bits per heavy atom. The van der Waals surface area contributed by atoms with Crippen LogP contribution in [0.5, 0.6) is 0 Å². The van der Waals surface area contributed by atoms with E-state index in [1.807, 2.05) is 54.6 Å². The third-order valence-electron chi connectivity index (χ3n) is 3.54. The highest BCUT2D eigenvalue weighted by molar-refractivity contribution is 6.06. The van der Waals surface area contributed by atoms with Crippen LogP contribution in [0.2, 0.25) is 0 Å². The van der Waals surface area contributed by atoms with Crippen molar-refractivity contribution in [2.75, 3.05) is 0 Å². The third-order valence-corrected chi connectivity index (χ3v) is 3.54. The first-order valence-corrected chi connectivity index (χ1v) is 7.26. The Morgan fingerprint density at radius 3 is 2.00 bits per heavy atom. The summed E-state index contributed by atoms with van der Waals surface area (Å²) in [6.07, 6.45) is 3.50. The van der Waals surface area contributed by atoms with Crippen LogP contribution in [0.4, 0.5) is 0 Å². The first kappa shape index (κ1) is 15.2. The lowest BCUT2D eigenvalue weighted by Gasteiger charge is -2.18. The van der Waals surface area contributed by atoms with Crippen LogP contribution in [0.1, 0.15) is 47.8 Å². The van der Waals surface area contributed by atoms with Crippen molar-refractivity contribution < 1.29 is 4.79 Å². The lowest BCUT2D eigenvalue weighted by molar-refractivity contribution is 0.104. The molecule has 0 atom stereocenters. The highest BCUT2D eigenvalue weighted by Gasteiger charge is 2.13. The summed E-state index contributed by atoms with van der Waals surface area (Å²) in [6, 6.07) is 16.0. The van der Waals surface area contributed by atoms with Crippen LogP contribution in [0.3, 0.4) is 0 Å². The molecule has 0 heterocycles. The Hall–Kier alpha value is -2.15. The van der Waals surface area contributed by atoms with Crippen LogP contribution in [0.15, 0.2) is 54.6 Å². The van der Waals surface area contributed by atoms with E-state index in [1.165, 1.54) is 11.1 Å². The maximum Gasteiger partial charge on any atom is 0.185 e. The summed E-state index contributed by atoms with van der Waals surface area (Å²) in [7, 11) is 0. The Kier molecular flexibility index (Phi) is 4.42. The molecule has 0 unspecified atom stereocenters. The summed E-state index contributed by atoms with van der Waals surface area (Å²) in [6.45, 7) is 8.55. The first-order chi connectivity index (χ1) is 9.86. The van der Waals surface area contributed by atoms with Crippen molar-refractivity contribution in [2.24, 2.45) is 0 Å². The van der Waals surface area contributed by atoms with Crippen molar-refractivity contribution in [3.05, 3.63) is 76.9 Å². The average Bonchev–Trinajstić information content (AvgIpc) is 2.45. The van der Waals surface area contributed by atoms with Crippen molar-refractivity contribution in [2.45, 2.75) is 33.1 Å². The molecule has 1 nitrogen and oxygen atoms in total. The predicted octanol–water partition coefficient (Wildman–Crippen LogP) is 5.19. The molecule has 0 aliphatic heterocycles. The van der Waals surface area contributed by atoms with Crippen LogP contribution in [0.25, 0.3) is 6.08 Å². The lowest BCUT2D eigenvalue weighted by atomic mass is 9.86. The molecule has 0 amide bonds. The molecule has 0 saturated carbocycles. The van der Waals surface area contributed by atoms with Gasteiger partial charge in [0, 0.05) is 5.56 Å². The van der Waals surface area contributed by atoms with Gasteiger partial charge in [0.25, 0.3) is 0 Å². The molecule has 2 rings (SSSR count). The summed E-state index contributed by atoms with van der Waals surface area (Å²) in [5.74, 6) is 0.0380. The molecule has 0 aromatic heterocycles. The second kappa shape index (κ2) is 6.09. The zero-order valence-electron chi connectivity index (χ0n) is 13.2. The van der Waals surface area contributed by atoms with Crippen molar-refractivity contribution in [3.63, 3.8) is 0 Å². The van der Waals surface area contributed by atoms with Crippen molar-refractivity contribution in [1.29, 1.82) is 0 Å². The normalized spacial score (nSPS) is 11.8. The molecular formula is C20H22O. The number of hydrogen-bond donors (Lipinski definition) is 0. The quantitative estimate of drug-likeness (QED) is 0.558. The second-order valence-electron chi connectivity index (χ2n) is 6.44. The number of aryl methyl sites for hydroxylation is 1. The fourth-order valence-electron chi connectivity index (χ4n) is 2.08. The Labute approximate surface area is 127 Å². The third kappa shape index (κ3) is 4.16. The van der Waals surface area contributed by atoms with Gasteiger partial charge in [0.2, 0.25) is 0 Å². The van der Waals surface area contributed by atoms with Crippen molar-refractivity contribution >= 4 is 11.9 Å². The molecule has 0 aliphatic carbocycles. The van der Waals surface area contributed by atoms with Crippen LogP contribution in [-0.2, 0) is 5.41 Å². The van der Waals surface area contributed by atoms with Crippen LogP contribution < -0.4 is 0 Å². The first-order valence-electron chi connectivity index (χ1n) is 7.26. The van der Waals surface area contributed by atoms with E-state index in [2.05, 4.69) is 27.7 Å². The molecule has 0 radical (unpaired) electrons. The second-order valence-corrected chi connectivity index (χ2v) is 6.44. The van der Waals surface area contributed by atoms with Gasteiger partial charge in [0.05, 0.1) is 0 Å². The Bertz CT molecular complexity index is 638. The molecule has 0 spiro atoms. The highest BCUT2D eigenvalue weighted by atomic mass is 16.1. The SMILES string of the molecule is Cc1ccc(C=CC(=O)c2ccc(C(C)(C)C)cc2)cc1. The van der Waals surface area contributed by atoms with E-state index in [0.717, 1.165) is 11.1 Å². The number of benzene rings is 2. The van der Waals surface area contributed by atoms with Gasteiger partial charge in [-0.2, -0.15) is 0 Å². The summed E-state index contributed by atoms with van der Waals surface area (Å²) in [4.78, 5) is 12.2. The van der Waals surface area contributed by atoms with E-state index in [1.54, 1.807) is 6.08 Å². The number of hydrogen-bond acceptors (Lipinski definition) is 1. The number of carbonyl (C=O) groups excluding carboxylic acids is 1. The van der Waals surface area contributed by atoms with Crippen molar-refractivity contribution in [1.82, 2.24) is 0 Å². The molecule has 0 fully saturated rings. The van der Waals surface area contributed by atoms with Gasteiger partial charge in [-0.15, -0.1) is 0 Å². The van der Waals surface area contributed by atoms with Crippen LogP contribution in [-0.4, -0.2) is 5.78 Å². The van der Waals surface area contributed by atoms with E-state index >= 15 is 0 Å². The summed E-state index contributed by atoms with van der Waals surface area (Å²) < 4.78 is 0.